The number of ether oxygens (including phenoxy) is 1. The van der Waals surface area contributed by atoms with Crippen molar-refractivity contribution >= 4 is 93.7 Å². The second-order valence-electron chi connectivity index (χ2n) is 18.5. The Balaban J connectivity index is 0.779. The molecule has 362 valence electrons. The molecule has 2 aromatic heterocycles. The number of aromatic nitrogens is 4. The minimum atomic E-state index is -1.10. The number of hydrogen-bond acceptors (Lipinski definition) is 13. The third-order valence-corrected chi connectivity index (χ3v) is 15.6. The number of imide groups is 2. The maximum Gasteiger partial charge on any atom is 0.262 e. The van der Waals surface area contributed by atoms with Gasteiger partial charge in [0.15, 0.2) is 5.82 Å². The number of methoxy groups -OCH3 is 1. The van der Waals surface area contributed by atoms with Crippen LogP contribution >= 0.6 is 19.5 Å². The fraction of sp³-hybridized carbons (Fsp3) is 0.353. The number of nitrogens with one attached hydrogen (secondary N) is 3. The summed E-state index contributed by atoms with van der Waals surface area (Å²) in [5.41, 5.74) is 4.95. The average molecular weight is 986 g/mol. The first-order valence-corrected chi connectivity index (χ1v) is 26.2. The molecule has 1 atom stereocenters. The molecule has 3 fully saturated rings. The van der Waals surface area contributed by atoms with Crippen LogP contribution in [0.4, 0.5) is 38.9 Å². The van der Waals surface area contributed by atoms with Gasteiger partial charge >= 0.3 is 0 Å². The minimum Gasteiger partial charge on any atom is -0.494 e. The Hall–Kier alpha value is -6.68. The highest BCUT2D eigenvalue weighted by atomic mass is 35.5. The zero-order valence-electron chi connectivity index (χ0n) is 39.5. The molecular weight excluding hydrogens is 932 g/mol. The lowest BCUT2D eigenvalue weighted by atomic mass is 9.92. The largest absolute Gasteiger partial charge is 0.494 e. The van der Waals surface area contributed by atoms with Gasteiger partial charge in [-0.25, -0.2) is 9.37 Å². The molecule has 0 bridgehead atoms. The van der Waals surface area contributed by atoms with E-state index in [4.69, 9.17) is 21.3 Å². The molecule has 0 aliphatic carbocycles. The van der Waals surface area contributed by atoms with Crippen LogP contribution in [0.1, 0.15) is 52.8 Å². The van der Waals surface area contributed by atoms with Gasteiger partial charge in [-0.05, 0) is 86.5 Å². The van der Waals surface area contributed by atoms with Gasteiger partial charge in [0.1, 0.15) is 22.6 Å². The Morgan fingerprint density at radius 2 is 1.59 bits per heavy atom. The SMILES string of the molecule is COc1cc(N2CCN(CCC3CCN(c4cc5c(cc4F)C(=O)N(C4CCC(=O)NC4=O)C5=O)CC3)CC2)c(-c2cnn(C)c2)cc1Nc1ncc(Cl)c(Nc2ccc3ccccc3c2P(C)C)n1. The lowest BCUT2D eigenvalue weighted by Gasteiger charge is -2.39. The van der Waals surface area contributed by atoms with Crippen molar-refractivity contribution in [3.63, 3.8) is 0 Å². The Labute approximate surface area is 411 Å². The van der Waals surface area contributed by atoms with E-state index in [9.17, 15) is 19.2 Å². The number of amides is 4. The van der Waals surface area contributed by atoms with Crippen molar-refractivity contribution in [1.82, 2.24) is 34.9 Å². The molecule has 0 spiro atoms. The molecule has 0 radical (unpaired) electrons. The fourth-order valence-electron chi connectivity index (χ4n) is 10.3. The van der Waals surface area contributed by atoms with Crippen molar-refractivity contribution in [3.05, 3.63) is 101 Å². The lowest BCUT2D eigenvalue weighted by Crippen LogP contribution is -2.54. The van der Waals surface area contributed by atoms with Crippen LogP contribution in [0.5, 0.6) is 5.75 Å². The van der Waals surface area contributed by atoms with Gasteiger partial charge in [-0.1, -0.05) is 49.9 Å². The number of hydrogen-bond donors (Lipinski definition) is 3. The molecule has 4 amide bonds. The van der Waals surface area contributed by atoms with Crippen molar-refractivity contribution in [2.75, 3.05) is 86.7 Å². The summed E-state index contributed by atoms with van der Waals surface area (Å²) in [4.78, 5) is 68.0. The summed E-state index contributed by atoms with van der Waals surface area (Å²) in [7, 11) is 3.10. The van der Waals surface area contributed by atoms with Crippen LogP contribution < -0.4 is 35.8 Å². The van der Waals surface area contributed by atoms with Crippen LogP contribution in [0.2, 0.25) is 5.02 Å². The van der Waals surface area contributed by atoms with Crippen LogP contribution in [0.3, 0.4) is 0 Å². The van der Waals surface area contributed by atoms with Gasteiger partial charge in [-0.2, -0.15) is 10.1 Å². The highest BCUT2D eigenvalue weighted by Gasteiger charge is 2.45. The van der Waals surface area contributed by atoms with Crippen molar-refractivity contribution in [2.24, 2.45) is 13.0 Å². The number of anilines is 6. The summed E-state index contributed by atoms with van der Waals surface area (Å²) in [6, 6.07) is 18.2. The second-order valence-corrected chi connectivity index (χ2v) is 21.2. The summed E-state index contributed by atoms with van der Waals surface area (Å²) < 4.78 is 23.4. The Bertz CT molecular complexity index is 3040. The van der Waals surface area contributed by atoms with Gasteiger partial charge in [-0.3, -0.25) is 39.0 Å². The van der Waals surface area contributed by atoms with E-state index < -0.39 is 43.4 Å². The first kappa shape index (κ1) is 47.0. The van der Waals surface area contributed by atoms with E-state index in [1.54, 1.807) is 18.0 Å². The summed E-state index contributed by atoms with van der Waals surface area (Å²) in [5.74, 6) is -1.14. The molecule has 6 heterocycles. The molecule has 4 aromatic carbocycles. The predicted octanol–water partition coefficient (Wildman–Crippen LogP) is 7.52. The quantitative estimate of drug-likeness (QED) is 0.0768. The number of halogens is 2. The maximum absolute atomic E-state index is 15.6. The zero-order valence-corrected chi connectivity index (χ0v) is 41.1. The molecule has 10 rings (SSSR count). The van der Waals surface area contributed by atoms with E-state index in [0.717, 1.165) is 85.5 Å². The number of benzene rings is 4. The van der Waals surface area contributed by atoms with Crippen molar-refractivity contribution in [1.29, 1.82) is 0 Å². The van der Waals surface area contributed by atoms with Crippen LogP contribution in [0.25, 0.3) is 21.9 Å². The van der Waals surface area contributed by atoms with Crippen LogP contribution in [-0.2, 0) is 16.6 Å². The fourth-order valence-corrected chi connectivity index (χ4v) is 11.7. The molecule has 0 saturated carbocycles. The molecule has 19 heteroatoms. The van der Waals surface area contributed by atoms with Crippen molar-refractivity contribution in [3.8, 4) is 16.9 Å². The lowest BCUT2D eigenvalue weighted by molar-refractivity contribution is -0.136. The highest BCUT2D eigenvalue weighted by molar-refractivity contribution is 7.65. The van der Waals surface area contributed by atoms with Gasteiger partial charge < -0.3 is 25.2 Å². The monoisotopic (exact) mass is 985 g/mol. The highest BCUT2D eigenvalue weighted by Crippen LogP contribution is 2.42. The third-order valence-electron chi connectivity index (χ3n) is 14.0. The number of carbonyl (C=O) groups is 4. The zero-order chi connectivity index (χ0) is 48.8. The summed E-state index contributed by atoms with van der Waals surface area (Å²) in [6.45, 7) is 10.0. The number of nitrogens with zero attached hydrogens (tertiary/aromatic N) is 8. The molecule has 3 N–H and O–H groups in total. The minimum absolute atomic E-state index is 0.0167. The molecule has 1 unspecified atom stereocenters. The van der Waals surface area contributed by atoms with E-state index in [1.165, 1.54) is 22.1 Å². The van der Waals surface area contributed by atoms with Crippen molar-refractivity contribution in [2.45, 2.75) is 38.1 Å². The summed E-state index contributed by atoms with van der Waals surface area (Å²) >= 11 is 6.72. The number of fused-ring (bicyclic) bond motifs is 2. The van der Waals surface area contributed by atoms with E-state index in [1.807, 2.05) is 24.3 Å². The Morgan fingerprint density at radius 3 is 2.30 bits per heavy atom. The molecule has 4 aliphatic rings. The van der Waals surface area contributed by atoms with Gasteiger partial charge in [0.05, 0.1) is 42.0 Å². The standard InChI is InChI=1S/C51H54ClFN11O5P/c1-60-29-32(27-55-60)34-24-40(57-51-54-28-37(52)47(59-51)56-39-10-9-31-7-5-6-8-33(31)46(39)70(3)4)44(69-2)26-42(34)63-21-19-61(20-22-63)16-13-30-14-17-62(18-15-30)43-25-36-35(23-38(43)53)49(67)64(50(36)68)41-11-12-45(65)58-48(41)66/h5-10,23-30,41H,11-22H2,1-4H3,(H,58,65,66)(H2,54,56,57,59). The third kappa shape index (κ3) is 9.25. The van der Waals surface area contributed by atoms with Crippen LogP contribution in [0, 0.1) is 11.7 Å². The number of carbonyl (C=O) groups excluding carboxylic acids is 4. The first-order valence-electron chi connectivity index (χ1n) is 23.6. The smallest absolute Gasteiger partial charge is 0.262 e. The molecule has 6 aromatic rings. The average Bonchev–Trinajstić information content (AvgIpc) is 3.90. The molecule has 3 saturated heterocycles. The molecule has 4 aliphatic heterocycles. The van der Waals surface area contributed by atoms with E-state index in [2.05, 4.69) is 97.7 Å². The molecule has 16 nitrogen and oxygen atoms in total. The van der Waals surface area contributed by atoms with Crippen LogP contribution in [0.15, 0.2) is 79.3 Å². The Morgan fingerprint density at radius 1 is 0.843 bits per heavy atom. The predicted molar refractivity (Wildman–Crippen MR) is 272 cm³/mol. The number of piperidine rings is 2. The normalized spacial score (nSPS) is 18.0. The maximum atomic E-state index is 15.6. The van der Waals surface area contributed by atoms with E-state index in [0.29, 0.717) is 47.2 Å². The van der Waals surface area contributed by atoms with Gasteiger partial charge in [0, 0.05) is 92.8 Å². The summed E-state index contributed by atoms with van der Waals surface area (Å²) in [6.07, 6.45) is 8.27. The first-order chi connectivity index (χ1) is 33.8. The number of aryl methyl sites for hydroxylation is 1. The van der Waals surface area contributed by atoms with Gasteiger partial charge in [-0.15, -0.1) is 0 Å². The van der Waals surface area contributed by atoms with Gasteiger partial charge in [0.25, 0.3) is 11.8 Å². The van der Waals surface area contributed by atoms with Crippen molar-refractivity contribution < 1.29 is 28.3 Å². The van der Waals surface area contributed by atoms with E-state index in [-0.39, 0.29) is 29.7 Å². The van der Waals surface area contributed by atoms with Crippen LogP contribution in [-0.4, -0.2) is 125 Å². The number of rotatable bonds is 13. The van der Waals surface area contributed by atoms with Gasteiger partial charge in [0.2, 0.25) is 17.8 Å². The topological polar surface area (TPSA) is 170 Å². The molecular formula is C51H54ClFN11O5P. The second kappa shape index (κ2) is 19.6. The Kier molecular flexibility index (Phi) is 13.2. The molecule has 70 heavy (non-hydrogen) atoms. The number of piperazine rings is 1. The summed E-state index contributed by atoms with van der Waals surface area (Å²) in [5, 5.41) is 17.7. The van der Waals surface area contributed by atoms with E-state index >= 15 is 4.39 Å².